The van der Waals surface area contributed by atoms with Gasteiger partial charge in [0.2, 0.25) is 10.0 Å². The van der Waals surface area contributed by atoms with Crippen molar-refractivity contribution in [2.75, 3.05) is 10.5 Å². The molecule has 0 aliphatic carbocycles. The molecule has 1 aliphatic rings. The molecule has 7 nitrogen and oxygen atoms in total. The van der Waals surface area contributed by atoms with E-state index in [9.17, 15) is 25.6 Å². The van der Waals surface area contributed by atoms with Crippen LogP contribution >= 0.6 is 0 Å². The van der Waals surface area contributed by atoms with E-state index in [4.69, 9.17) is 0 Å². The van der Waals surface area contributed by atoms with Crippen LogP contribution in [0.2, 0.25) is 0 Å². The van der Waals surface area contributed by atoms with Crippen molar-refractivity contribution in [3.8, 4) is 0 Å². The zero-order valence-electron chi connectivity index (χ0n) is 18.0. The summed E-state index contributed by atoms with van der Waals surface area (Å²) >= 11 is 0. The molecule has 1 N–H and O–H groups in total. The van der Waals surface area contributed by atoms with Gasteiger partial charge in [0.25, 0.3) is 10.0 Å². The van der Waals surface area contributed by atoms with Gasteiger partial charge < -0.3 is 0 Å². The Morgan fingerprint density at radius 3 is 2.21 bits per heavy atom. The Morgan fingerprint density at radius 1 is 0.941 bits per heavy atom. The molecule has 1 unspecified atom stereocenters. The first-order chi connectivity index (χ1) is 16.1. The van der Waals surface area contributed by atoms with E-state index in [0.29, 0.717) is 17.0 Å². The largest absolute Gasteiger partial charge is 0.284 e. The summed E-state index contributed by atoms with van der Waals surface area (Å²) < 4.78 is 81.6. The number of anilines is 1. The van der Waals surface area contributed by atoms with Gasteiger partial charge in [0.05, 0.1) is 22.4 Å². The van der Waals surface area contributed by atoms with Crippen LogP contribution in [0.25, 0.3) is 0 Å². The van der Waals surface area contributed by atoms with Crippen molar-refractivity contribution in [1.29, 1.82) is 0 Å². The zero-order valence-corrected chi connectivity index (χ0v) is 19.7. The molecular formula is C23H21F2N3O4S2. The highest BCUT2D eigenvalue weighted by atomic mass is 32.2. The van der Waals surface area contributed by atoms with E-state index in [2.05, 4.69) is 9.82 Å². The predicted octanol–water partition coefficient (Wildman–Crippen LogP) is 4.27. The van der Waals surface area contributed by atoms with Gasteiger partial charge in [0, 0.05) is 17.7 Å². The second-order valence-corrected chi connectivity index (χ2v) is 11.4. The average Bonchev–Trinajstić information content (AvgIpc) is 3.26. The summed E-state index contributed by atoms with van der Waals surface area (Å²) in [4.78, 5) is -0.176. The van der Waals surface area contributed by atoms with Crippen LogP contribution in [0, 0.1) is 11.6 Å². The molecule has 1 atom stereocenters. The minimum Gasteiger partial charge on any atom is -0.284 e. The monoisotopic (exact) mass is 505 g/mol. The van der Waals surface area contributed by atoms with Crippen molar-refractivity contribution >= 4 is 31.4 Å². The standard InChI is InChI=1S/C23H21F2N3O4S2/c1-2-33(29,30)27-18-11-7-16(8-12-18)22-15-23(20-5-3-4-6-21(20)25)28(26-22)34(31,32)19-13-9-17(24)10-14-19/h3-14,23,27H,2,15H2,1H3. The van der Waals surface area contributed by atoms with E-state index >= 15 is 0 Å². The predicted molar refractivity (Wildman–Crippen MR) is 125 cm³/mol. The third-order valence-electron chi connectivity index (χ3n) is 5.37. The summed E-state index contributed by atoms with van der Waals surface area (Å²) in [6.07, 6.45) is 0.0847. The highest BCUT2D eigenvalue weighted by Crippen LogP contribution is 2.38. The molecule has 34 heavy (non-hydrogen) atoms. The Labute approximate surface area is 196 Å². The van der Waals surface area contributed by atoms with Crippen LogP contribution < -0.4 is 4.72 Å². The number of rotatable bonds is 7. The first-order valence-electron chi connectivity index (χ1n) is 10.3. The Bertz CT molecular complexity index is 1440. The average molecular weight is 506 g/mol. The fourth-order valence-corrected chi connectivity index (χ4v) is 5.62. The van der Waals surface area contributed by atoms with Gasteiger partial charge >= 0.3 is 0 Å². The molecule has 0 spiro atoms. The molecule has 3 aromatic carbocycles. The van der Waals surface area contributed by atoms with Crippen LogP contribution in [-0.2, 0) is 20.0 Å². The number of nitrogens with zero attached hydrogens (tertiary/aromatic N) is 2. The molecule has 0 saturated carbocycles. The SMILES string of the molecule is CCS(=O)(=O)Nc1ccc(C2=NN(S(=O)(=O)c3ccc(F)cc3)C(c3ccccc3F)C2)cc1. The first kappa shape index (κ1) is 23.8. The first-order valence-corrected chi connectivity index (χ1v) is 13.4. The minimum absolute atomic E-state index is 0.0814. The number of hydrazone groups is 1. The Kier molecular flexibility index (Phi) is 6.41. The summed E-state index contributed by atoms with van der Waals surface area (Å²) in [5.41, 5.74) is 1.44. The molecule has 1 aliphatic heterocycles. The molecule has 0 radical (unpaired) electrons. The van der Waals surface area contributed by atoms with Crippen LogP contribution in [-0.4, -0.2) is 32.7 Å². The summed E-state index contributed by atoms with van der Waals surface area (Å²) in [5, 5.41) is 4.31. The Hall–Kier alpha value is -3.31. The summed E-state index contributed by atoms with van der Waals surface area (Å²) in [6.45, 7) is 1.52. The van der Waals surface area contributed by atoms with Crippen LogP contribution in [0.5, 0.6) is 0 Å². The molecule has 0 bridgehead atoms. The lowest BCUT2D eigenvalue weighted by Gasteiger charge is -2.23. The van der Waals surface area contributed by atoms with Crippen LogP contribution in [0.15, 0.2) is 82.8 Å². The highest BCUT2D eigenvalue weighted by Gasteiger charge is 2.38. The summed E-state index contributed by atoms with van der Waals surface area (Å²) in [7, 11) is -7.68. The maximum atomic E-state index is 14.6. The van der Waals surface area contributed by atoms with E-state index in [-0.39, 0.29) is 22.6 Å². The third kappa shape index (κ3) is 4.80. The fraction of sp³-hybridized carbons (Fsp3) is 0.174. The zero-order chi connectivity index (χ0) is 24.5. The number of hydrogen-bond acceptors (Lipinski definition) is 5. The van der Waals surface area contributed by atoms with Crippen molar-refractivity contribution < 1.29 is 25.6 Å². The van der Waals surface area contributed by atoms with Gasteiger partial charge in [-0.05, 0) is 55.0 Å². The van der Waals surface area contributed by atoms with Gasteiger partial charge in [0.15, 0.2) is 0 Å². The van der Waals surface area contributed by atoms with Crippen molar-refractivity contribution in [3.63, 3.8) is 0 Å². The van der Waals surface area contributed by atoms with Gasteiger partial charge in [-0.1, -0.05) is 30.3 Å². The highest BCUT2D eigenvalue weighted by molar-refractivity contribution is 7.92. The number of nitrogens with one attached hydrogen (secondary N) is 1. The van der Waals surface area contributed by atoms with Crippen LogP contribution in [0.1, 0.15) is 30.5 Å². The van der Waals surface area contributed by atoms with E-state index in [1.54, 1.807) is 30.3 Å². The van der Waals surface area contributed by atoms with Gasteiger partial charge in [-0.25, -0.2) is 17.2 Å². The molecule has 0 aromatic heterocycles. The third-order valence-corrected chi connectivity index (χ3v) is 8.37. The minimum atomic E-state index is -4.23. The second-order valence-electron chi connectivity index (χ2n) is 7.60. The number of hydrogen-bond donors (Lipinski definition) is 1. The lowest BCUT2D eigenvalue weighted by atomic mass is 9.99. The van der Waals surface area contributed by atoms with Gasteiger partial charge in [-0.2, -0.15) is 17.9 Å². The Morgan fingerprint density at radius 2 is 1.59 bits per heavy atom. The normalized spacial score (nSPS) is 16.4. The molecule has 3 aromatic rings. The maximum Gasteiger partial charge on any atom is 0.279 e. The van der Waals surface area contributed by atoms with E-state index < -0.39 is 37.7 Å². The van der Waals surface area contributed by atoms with E-state index in [1.807, 2.05) is 0 Å². The summed E-state index contributed by atoms with van der Waals surface area (Å²) in [6, 6.07) is 15.5. The summed E-state index contributed by atoms with van der Waals surface area (Å²) in [5.74, 6) is -1.25. The van der Waals surface area contributed by atoms with Gasteiger partial charge in [-0.15, -0.1) is 0 Å². The Balaban J connectivity index is 1.73. The smallest absolute Gasteiger partial charge is 0.279 e. The topological polar surface area (TPSA) is 95.9 Å². The van der Waals surface area contributed by atoms with Crippen LogP contribution in [0.4, 0.5) is 14.5 Å². The number of sulfonamides is 2. The quantitative estimate of drug-likeness (QED) is 0.519. The molecule has 1 heterocycles. The number of benzene rings is 3. The molecule has 0 saturated heterocycles. The maximum absolute atomic E-state index is 14.6. The molecule has 11 heteroatoms. The lowest BCUT2D eigenvalue weighted by Crippen LogP contribution is -2.28. The molecule has 0 amide bonds. The molecular weight excluding hydrogens is 484 g/mol. The van der Waals surface area contributed by atoms with Gasteiger partial charge in [0.1, 0.15) is 11.6 Å². The lowest BCUT2D eigenvalue weighted by molar-refractivity contribution is 0.362. The van der Waals surface area contributed by atoms with Crippen LogP contribution in [0.3, 0.4) is 0 Å². The molecule has 178 valence electrons. The second kappa shape index (κ2) is 9.15. The fourth-order valence-electron chi connectivity index (χ4n) is 3.56. The van der Waals surface area contributed by atoms with Crippen molar-refractivity contribution in [2.24, 2.45) is 5.10 Å². The molecule has 4 rings (SSSR count). The molecule has 0 fully saturated rings. The van der Waals surface area contributed by atoms with Crippen molar-refractivity contribution in [2.45, 2.75) is 24.3 Å². The van der Waals surface area contributed by atoms with Crippen molar-refractivity contribution in [1.82, 2.24) is 4.41 Å². The number of halogens is 2. The van der Waals surface area contributed by atoms with Crippen molar-refractivity contribution in [3.05, 3.63) is 95.6 Å². The van der Waals surface area contributed by atoms with E-state index in [1.165, 1.54) is 25.1 Å². The van der Waals surface area contributed by atoms with Gasteiger partial charge in [-0.3, -0.25) is 4.72 Å². The van der Waals surface area contributed by atoms with E-state index in [0.717, 1.165) is 28.7 Å².